The minimum atomic E-state index is -0.346. The van der Waals surface area contributed by atoms with Gasteiger partial charge in [0.1, 0.15) is 0 Å². The number of benzene rings is 2. The second kappa shape index (κ2) is 7.61. The zero-order valence-corrected chi connectivity index (χ0v) is 18.0. The predicted octanol–water partition coefficient (Wildman–Crippen LogP) is 6.73. The summed E-state index contributed by atoms with van der Waals surface area (Å²) in [5.74, 6) is -0.346. The number of carbonyl (C=O) groups excluding carboxylic acids is 1. The van der Waals surface area contributed by atoms with Crippen LogP contribution in [0, 0.1) is 0 Å². The van der Waals surface area contributed by atoms with Gasteiger partial charge < -0.3 is 9.72 Å². The van der Waals surface area contributed by atoms with Crippen molar-refractivity contribution < 1.29 is 9.53 Å². The van der Waals surface area contributed by atoms with Gasteiger partial charge in [-0.2, -0.15) is 0 Å². The Labute approximate surface area is 191 Å². The van der Waals surface area contributed by atoms with Gasteiger partial charge in [0, 0.05) is 45.6 Å². The van der Waals surface area contributed by atoms with E-state index in [1.54, 1.807) is 0 Å². The second-order valence-electron chi connectivity index (χ2n) is 8.01. The molecule has 2 heterocycles. The molecule has 6 rings (SSSR count). The number of H-pyrrole nitrogens is 1. The Morgan fingerprint density at radius 1 is 0.788 bits per heavy atom. The van der Waals surface area contributed by atoms with Gasteiger partial charge in [0.05, 0.1) is 18.4 Å². The minimum Gasteiger partial charge on any atom is -0.465 e. The Balaban J connectivity index is 1.74. The first-order valence-electron chi connectivity index (χ1n) is 10.8. The van der Waals surface area contributed by atoms with Crippen LogP contribution in [0.2, 0.25) is 0 Å². The molecule has 3 aliphatic rings. The monoisotopic (exact) mass is 428 g/mol. The SMILES string of the molecule is COC(=O)c1cc(/C(=C2\C=Nc3ccccc32)c2c[nH]c3ccccc23)c2cccccc1-2. The molecule has 0 atom stereocenters. The Kier molecular flexibility index (Phi) is 4.44. The summed E-state index contributed by atoms with van der Waals surface area (Å²) in [5.41, 5.74) is 9.60. The highest BCUT2D eigenvalue weighted by Gasteiger charge is 2.27. The van der Waals surface area contributed by atoms with E-state index in [2.05, 4.69) is 34.2 Å². The van der Waals surface area contributed by atoms with E-state index in [4.69, 9.17) is 4.74 Å². The molecule has 158 valence electrons. The number of ether oxygens (including phenoxy) is 1. The quantitative estimate of drug-likeness (QED) is 0.324. The summed E-state index contributed by atoms with van der Waals surface area (Å²) in [6.45, 7) is 0. The van der Waals surface area contributed by atoms with E-state index in [-0.39, 0.29) is 5.97 Å². The average molecular weight is 428 g/mol. The number of fused-ring (bicyclic) bond motifs is 3. The molecule has 4 nitrogen and oxygen atoms in total. The third-order valence-electron chi connectivity index (χ3n) is 6.24. The first-order chi connectivity index (χ1) is 16.3. The van der Waals surface area contributed by atoms with Crippen molar-refractivity contribution in [3.8, 4) is 11.1 Å². The van der Waals surface area contributed by atoms with Crippen molar-refractivity contribution in [2.45, 2.75) is 0 Å². The summed E-state index contributed by atoms with van der Waals surface area (Å²) in [6.07, 6.45) is 3.97. The van der Waals surface area contributed by atoms with Crippen LogP contribution in [-0.4, -0.2) is 24.3 Å². The van der Waals surface area contributed by atoms with Crippen LogP contribution >= 0.6 is 0 Å². The van der Waals surface area contributed by atoms with Crippen molar-refractivity contribution in [1.82, 2.24) is 4.98 Å². The molecule has 1 aromatic heterocycles. The van der Waals surface area contributed by atoms with Crippen LogP contribution < -0.4 is 0 Å². The van der Waals surface area contributed by atoms with Crippen LogP contribution in [0.4, 0.5) is 5.69 Å². The van der Waals surface area contributed by atoms with Crippen LogP contribution in [0.5, 0.6) is 0 Å². The van der Waals surface area contributed by atoms with E-state index in [9.17, 15) is 4.79 Å². The molecule has 1 aliphatic heterocycles. The maximum Gasteiger partial charge on any atom is 0.338 e. The molecule has 0 amide bonds. The minimum absolute atomic E-state index is 0.346. The number of methoxy groups -OCH3 is 1. The number of allylic oxidation sites excluding steroid dienone is 1. The molecular weight excluding hydrogens is 408 g/mol. The van der Waals surface area contributed by atoms with Crippen molar-refractivity contribution in [3.05, 3.63) is 113 Å². The molecule has 0 unspecified atom stereocenters. The standard InChI is InChI=1S/C29H20N2O2/c1-33-29(32)23-15-22(18-9-3-2-4-10-19(18)23)28(24-16-30-26-13-7-5-11-20(24)26)25-17-31-27-14-8-6-12-21(25)27/h2-17,30H,1H3/b28-25-. The lowest BCUT2D eigenvalue weighted by Crippen LogP contribution is -2.00. The van der Waals surface area contributed by atoms with Gasteiger partial charge in [-0.05, 0) is 34.9 Å². The maximum atomic E-state index is 12.7. The van der Waals surface area contributed by atoms with Crippen LogP contribution in [0.15, 0.2) is 96.1 Å². The lowest BCUT2D eigenvalue weighted by Gasteiger charge is -2.12. The van der Waals surface area contributed by atoms with Crippen LogP contribution in [0.3, 0.4) is 0 Å². The molecule has 0 bridgehead atoms. The normalized spacial score (nSPS) is 14.0. The van der Waals surface area contributed by atoms with E-state index in [0.29, 0.717) is 5.56 Å². The topological polar surface area (TPSA) is 54.4 Å². The number of carbonyl (C=O) groups is 1. The largest absolute Gasteiger partial charge is 0.465 e. The van der Waals surface area contributed by atoms with Crippen LogP contribution in [0.25, 0.3) is 33.2 Å². The smallest absolute Gasteiger partial charge is 0.338 e. The lowest BCUT2D eigenvalue weighted by atomic mass is 9.89. The average Bonchev–Trinajstić information content (AvgIpc) is 3.51. The van der Waals surface area contributed by atoms with Gasteiger partial charge in [-0.15, -0.1) is 0 Å². The molecule has 1 N–H and O–H groups in total. The number of hydrogen-bond acceptors (Lipinski definition) is 3. The van der Waals surface area contributed by atoms with Gasteiger partial charge in [0.2, 0.25) is 0 Å². The third kappa shape index (κ3) is 2.99. The predicted molar refractivity (Wildman–Crippen MR) is 133 cm³/mol. The molecule has 0 spiro atoms. The second-order valence-corrected chi connectivity index (χ2v) is 8.01. The number of aliphatic imine (C=N–C) groups is 1. The van der Waals surface area contributed by atoms with Gasteiger partial charge in [0.25, 0.3) is 0 Å². The molecular formula is C29H20N2O2. The lowest BCUT2D eigenvalue weighted by molar-refractivity contribution is 0.0602. The van der Waals surface area contributed by atoms with Gasteiger partial charge in [-0.1, -0.05) is 66.7 Å². The first-order valence-corrected chi connectivity index (χ1v) is 10.8. The first kappa shape index (κ1) is 19.3. The number of nitrogens with zero attached hydrogens (tertiary/aromatic N) is 1. The molecule has 0 radical (unpaired) electrons. The van der Waals surface area contributed by atoms with Crippen molar-refractivity contribution in [3.63, 3.8) is 0 Å². The summed E-state index contributed by atoms with van der Waals surface area (Å²) in [7, 11) is 1.42. The molecule has 33 heavy (non-hydrogen) atoms. The maximum absolute atomic E-state index is 12.7. The number of aromatic nitrogens is 1. The fourth-order valence-electron chi connectivity index (χ4n) is 4.73. The molecule has 2 aliphatic carbocycles. The Hall–Kier alpha value is -4.44. The highest BCUT2D eigenvalue weighted by atomic mass is 16.5. The molecule has 4 heteroatoms. The summed E-state index contributed by atoms with van der Waals surface area (Å²) in [5, 5.41) is 1.12. The van der Waals surface area contributed by atoms with Crippen molar-refractivity contribution in [2.24, 2.45) is 4.99 Å². The van der Waals surface area contributed by atoms with E-state index < -0.39 is 0 Å². The van der Waals surface area contributed by atoms with Crippen molar-refractivity contribution in [2.75, 3.05) is 7.11 Å². The Morgan fingerprint density at radius 3 is 2.33 bits per heavy atom. The van der Waals surface area contributed by atoms with Gasteiger partial charge in [0.15, 0.2) is 0 Å². The third-order valence-corrected chi connectivity index (χ3v) is 6.24. The number of aromatic amines is 1. The Bertz CT molecular complexity index is 1570. The van der Waals surface area contributed by atoms with E-state index in [1.165, 1.54) is 7.11 Å². The number of hydrogen-bond donors (Lipinski definition) is 1. The molecule has 3 aromatic rings. The van der Waals surface area contributed by atoms with E-state index in [0.717, 1.165) is 55.6 Å². The zero-order chi connectivity index (χ0) is 22.4. The summed E-state index contributed by atoms with van der Waals surface area (Å²) >= 11 is 0. The van der Waals surface area contributed by atoms with Crippen molar-refractivity contribution in [1.29, 1.82) is 0 Å². The number of para-hydroxylation sites is 2. The van der Waals surface area contributed by atoms with Gasteiger partial charge in [-0.25, -0.2) is 4.79 Å². The number of nitrogens with one attached hydrogen (secondary N) is 1. The van der Waals surface area contributed by atoms with E-state index >= 15 is 0 Å². The zero-order valence-electron chi connectivity index (χ0n) is 18.0. The van der Waals surface area contributed by atoms with E-state index in [1.807, 2.05) is 73.1 Å². The number of rotatable bonds is 3. The molecule has 2 aromatic carbocycles. The highest BCUT2D eigenvalue weighted by Crippen LogP contribution is 2.46. The summed E-state index contributed by atoms with van der Waals surface area (Å²) < 4.78 is 5.12. The van der Waals surface area contributed by atoms with Crippen LogP contribution in [0.1, 0.15) is 27.0 Å². The van der Waals surface area contributed by atoms with Gasteiger partial charge in [-0.3, -0.25) is 4.99 Å². The van der Waals surface area contributed by atoms with Gasteiger partial charge >= 0.3 is 5.97 Å². The highest BCUT2D eigenvalue weighted by molar-refractivity contribution is 6.29. The van der Waals surface area contributed by atoms with Crippen molar-refractivity contribution >= 4 is 39.9 Å². The fraction of sp³-hybridized carbons (Fsp3) is 0.0345. The fourth-order valence-corrected chi connectivity index (χ4v) is 4.73. The number of esters is 1. The Morgan fingerprint density at radius 2 is 1.48 bits per heavy atom. The summed E-state index contributed by atoms with van der Waals surface area (Å²) in [4.78, 5) is 20.8. The molecule has 0 saturated carbocycles. The summed E-state index contributed by atoms with van der Waals surface area (Å²) in [6, 6.07) is 28.3. The molecule has 0 fully saturated rings. The van der Waals surface area contributed by atoms with Crippen LogP contribution in [-0.2, 0) is 4.74 Å². The molecule has 0 saturated heterocycles.